The number of nitrogens with one attached hydrogen (secondary N) is 2. The highest BCUT2D eigenvalue weighted by molar-refractivity contribution is 6.24. The standard InChI is InChI=1S/C27H27N7O4/c1-38-27(37)17-7-8-18-20(11-17)31-26(36)24(18)25(16-5-3-2-4-6-16)32-22-12-21-19(30-22)9-10-34(21)23(35)13-33-15-28-14-29-33/h2-8,11,14-15,19,21-22,24,30H,9-10,12-13H2,1H3,(H,31,36). The van der Waals surface area contributed by atoms with Gasteiger partial charge in [0.15, 0.2) is 0 Å². The second-order valence-corrected chi connectivity index (χ2v) is 9.66. The Bertz CT molecular complexity index is 1410. The van der Waals surface area contributed by atoms with Gasteiger partial charge in [-0.1, -0.05) is 36.4 Å². The summed E-state index contributed by atoms with van der Waals surface area (Å²) in [5, 5.41) is 10.5. The van der Waals surface area contributed by atoms with E-state index < -0.39 is 11.9 Å². The lowest BCUT2D eigenvalue weighted by Crippen LogP contribution is -2.40. The fourth-order valence-electron chi connectivity index (χ4n) is 5.70. The van der Waals surface area contributed by atoms with Crippen LogP contribution in [-0.2, 0) is 20.9 Å². The topological polar surface area (TPSA) is 131 Å². The van der Waals surface area contributed by atoms with Crippen molar-refractivity contribution in [1.82, 2.24) is 25.0 Å². The summed E-state index contributed by atoms with van der Waals surface area (Å²) in [7, 11) is 1.32. The van der Waals surface area contributed by atoms with Crippen molar-refractivity contribution in [3.05, 3.63) is 77.9 Å². The number of rotatable bonds is 6. The lowest BCUT2D eigenvalue weighted by atomic mass is 9.90. The predicted molar refractivity (Wildman–Crippen MR) is 138 cm³/mol. The maximum Gasteiger partial charge on any atom is 0.337 e. The van der Waals surface area contributed by atoms with Crippen LogP contribution >= 0.6 is 0 Å². The lowest BCUT2D eigenvalue weighted by Gasteiger charge is -2.23. The van der Waals surface area contributed by atoms with Crippen molar-refractivity contribution in [3.8, 4) is 0 Å². The summed E-state index contributed by atoms with van der Waals surface area (Å²) in [5.41, 5.74) is 3.19. The van der Waals surface area contributed by atoms with Crippen LogP contribution in [0.5, 0.6) is 0 Å². The molecule has 11 nitrogen and oxygen atoms in total. The summed E-state index contributed by atoms with van der Waals surface area (Å²) in [5.74, 6) is -1.30. The molecule has 194 valence electrons. The molecule has 1 aromatic heterocycles. The Hall–Kier alpha value is -4.38. The Labute approximate surface area is 218 Å². The van der Waals surface area contributed by atoms with Crippen LogP contribution in [0.1, 0.15) is 40.2 Å². The van der Waals surface area contributed by atoms with Gasteiger partial charge in [-0.15, -0.1) is 0 Å². The summed E-state index contributed by atoms with van der Waals surface area (Å²) in [6, 6.07) is 14.9. The van der Waals surface area contributed by atoms with E-state index in [0.717, 1.165) is 17.5 Å². The second-order valence-electron chi connectivity index (χ2n) is 9.66. The number of methoxy groups -OCH3 is 1. The average molecular weight is 514 g/mol. The molecule has 0 spiro atoms. The molecule has 2 amide bonds. The third-order valence-corrected chi connectivity index (χ3v) is 7.44. The smallest absolute Gasteiger partial charge is 0.337 e. The van der Waals surface area contributed by atoms with Crippen LogP contribution < -0.4 is 10.6 Å². The summed E-state index contributed by atoms with van der Waals surface area (Å²) in [6.07, 6.45) is 4.18. The Morgan fingerprint density at radius 1 is 1.16 bits per heavy atom. The fourth-order valence-corrected chi connectivity index (χ4v) is 5.70. The number of aliphatic imine (C=N–C) groups is 1. The number of esters is 1. The molecule has 2 saturated heterocycles. The van der Waals surface area contributed by atoms with Crippen LogP contribution in [0.4, 0.5) is 5.69 Å². The third kappa shape index (κ3) is 4.34. The highest BCUT2D eigenvalue weighted by Gasteiger charge is 2.44. The highest BCUT2D eigenvalue weighted by atomic mass is 16.5. The monoisotopic (exact) mass is 513 g/mol. The minimum Gasteiger partial charge on any atom is -0.465 e. The molecule has 0 bridgehead atoms. The Morgan fingerprint density at radius 2 is 2.00 bits per heavy atom. The molecule has 4 atom stereocenters. The minimum absolute atomic E-state index is 0.00298. The maximum absolute atomic E-state index is 13.3. The van der Waals surface area contributed by atoms with Crippen molar-refractivity contribution in [2.24, 2.45) is 4.99 Å². The quantitative estimate of drug-likeness (QED) is 0.378. The number of likely N-dealkylation sites (tertiary alicyclic amines) is 1. The van der Waals surface area contributed by atoms with Gasteiger partial charge in [0.1, 0.15) is 31.3 Å². The molecule has 4 unspecified atom stereocenters. The van der Waals surface area contributed by atoms with E-state index in [9.17, 15) is 14.4 Å². The molecular formula is C27H27N7O4. The fraction of sp³-hybridized carbons (Fsp3) is 0.333. The molecule has 6 rings (SSSR count). The minimum atomic E-state index is -0.633. The number of ether oxygens (including phenoxy) is 1. The van der Waals surface area contributed by atoms with Crippen molar-refractivity contribution < 1.29 is 19.1 Å². The molecule has 2 N–H and O–H groups in total. The molecule has 0 radical (unpaired) electrons. The first-order valence-corrected chi connectivity index (χ1v) is 12.6. The number of benzene rings is 2. The Morgan fingerprint density at radius 3 is 2.76 bits per heavy atom. The van der Waals surface area contributed by atoms with Crippen LogP contribution in [-0.4, -0.2) is 75.1 Å². The van der Waals surface area contributed by atoms with Gasteiger partial charge in [0, 0.05) is 24.7 Å². The first-order chi connectivity index (χ1) is 18.5. The van der Waals surface area contributed by atoms with Gasteiger partial charge in [-0.05, 0) is 29.7 Å². The molecule has 2 fully saturated rings. The van der Waals surface area contributed by atoms with E-state index in [4.69, 9.17) is 9.73 Å². The van der Waals surface area contributed by atoms with E-state index in [2.05, 4.69) is 20.7 Å². The molecular weight excluding hydrogens is 486 g/mol. The predicted octanol–water partition coefficient (Wildman–Crippen LogP) is 1.58. The SMILES string of the molecule is COC(=O)c1ccc2c(c1)NC(=O)C2C(=NC1CC2C(CCN2C(=O)Cn2cncn2)N1)c1ccccc1. The zero-order valence-electron chi connectivity index (χ0n) is 20.8. The number of hydrogen-bond acceptors (Lipinski definition) is 8. The Balaban J connectivity index is 1.28. The Kier molecular flexibility index (Phi) is 6.20. The lowest BCUT2D eigenvalue weighted by molar-refractivity contribution is -0.132. The third-order valence-electron chi connectivity index (χ3n) is 7.44. The molecule has 3 aromatic rings. The maximum atomic E-state index is 13.3. The van der Waals surface area contributed by atoms with Gasteiger partial charge in [-0.2, -0.15) is 5.10 Å². The van der Waals surface area contributed by atoms with Gasteiger partial charge in [0.05, 0.1) is 24.4 Å². The molecule has 3 aliphatic heterocycles. The molecule has 11 heteroatoms. The zero-order chi connectivity index (χ0) is 26.2. The molecule has 3 aliphatic rings. The summed E-state index contributed by atoms with van der Waals surface area (Å²) in [6.45, 7) is 0.831. The van der Waals surface area contributed by atoms with E-state index >= 15 is 0 Å². The van der Waals surface area contributed by atoms with Crippen molar-refractivity contribution in [1.29, 1.82) is 0 Å². The summed E-state index contributed by atoms with van der Waals surface area (Å²) < 4.78 is 6.36. The van der Waals surface area contributed by atoms with Gasteiger partial charge in [0.25, 0.3) is 0 Å². The van der Waals surface area contributed by atoms with Crippen molar-refractivity contribution in [2.75, 3.05) is 19.0 Å². The van der Waals surface area contributed by atoms with Crippen molar-refractivity contribution in [2.45, 2.75) is 43.6 Å². The van der Waals surface area contributed by atoms with Gasteiger partial charge >= 0.3 is 5.97 Å². The van der Waals surface area contributed by atoms with Crippen LogP contribution in [0.25, 0.3) is 0 Å². The van der Waals surface area contributed by atoms with E-state index in [0.29, 0.717) is 29.9 Å². The molecule has 2 aromatic carbocycles. The molecule has 0 aliphatic carbocycles. The van der Waals surface area contributed by atoms with E-state index in [1.54, 1.807) is 18.2 Å². The second kappa shape index (κ2) is 9.82. The number of amides is 2. The van der Waals surface area contributed by atoms with E-state index in [1.165, 1.54) is 24.4 Å². The van der Waals surface area contributed by atoms with Crippen LogP contribution in [0.2, 0.25) is 0 Å². The van der Waals surface area contributed by atoms with Gasteiger partial charge in [0.2, 0.25) is 11.8 Å². The van der Waals surface area contributed by atoms with Gasteiger partial charge in [-0.25, -0.2) is 14.5 Å². The van der Waals surface area contributed by atoms with Crippen LogP contribution in [0, 0.1) is 0 Å². The van der Waals surface area contributed by atoms with Crippen LogP contribution in [0.3, 0.4) is 0 Å². The average Bonchev–Trinajstić information content (AvgIpc) is 3.71. The number of carbonyl (C=O) groups is 3. The number of fused-ring (bicyclic) bond motifs is 2. The van der Waals surface area contributed by atoms with E-state index in [-0.39, 0.29) is 36.6 Å². The van der Waals surface area contributed by atoms with Gasteiger partial charge in [-0.3, -0.25) is 19.9 Å². The number of nitrogens with zero attached hydrogens (tertiary/aromatic N) is 5. The van der Waals surface area contributed by atoms with E-state index in [1.807, 2.05) is 35.2 Å². The normalized spacial score (nSPS) is 24.2. The summed E-state index contributed by atoms with van der Waals surface area (Å²) >= 11 is 0. The number of carbonyl (C=O) groups excluding carboxylic acids is 3. The summed E-state index contributed by atoms with van der Waals surface area (Å²) in [4.78, 5) is 49.2. The van der Waals surface area contributed by atoms with Crippen LogP contribution in [0.15, 0.2) is 66.2 Å². The molecule has 0 saturated carbocycles. The molecule has 4 heterocycles. The van der Waals surface area contributed by atoms with Gasteiger partial charge < -0.3 is 15.0 Å². The number of anilines is 1. The van der Waals surface area contributed by atoms with Crippen molar-refractivity contribution >= 4 is 29.2 Å². The highest BCUT2D eigenvalue weighted by Crippen LogP contribution is 2.37. The largest absolute Gasteiger partial charge is 0.465 e. The number of aromatic nitrogens is 3. The zero-order valence-corrected chi connectivity index (χ0v) is 20.8. The molecule has 38 heavy (non-hydrogen) atoms. The first-order valence-electron chi connectivity index (χ1n) is 12.6. The van der Waals surface area contributed by atoms with Crippen molar-refractivity contribution in [3.63, 3.8) is 0 Å². The first kappa shape index (κ1) is 24.0. The number of hydrogen-bond donors (Lipinski definition) is 2.